The molecule has 5 nitrogen and oxygen atoms in total. The zero-order chi connectivity index (χ0) is 13.3. The zero-order valence-corrected chi connectivity index (χ0v) is 10.7. The lowest BCUT2D eigenvalue weighted by Gasteiger charge is -2.24. The number of aromatic nitrogens is 1. The first-order valence-electron chi connectivity index (χ1n) is 5.73. The van der Waals surface area contributed by atoms with Crippen molar-refractivity contribution in [2.24, 2.45) is 0 Å². The van der Waals surface area contributed by atoms with Gasteiger partial charge in [0.15, 0.2) is 11.5 Å². The Morgan fingerprint density at radius 3 is 2.89 bits per heavy atom. The van der Waals surface area contributed by atoms with Crippen LogP contribution in [-0.2, 0) is 5.41 Å². The average Bonchev–Trinajstić information content (AvgIpc) is 2.65. The summed E-state index contributed by atoms with van der Waals surface area (Å²) in [6.07, 6.45) is -1.01. The maximum Gasteiger partial charge on any atom is 0.404 e. The standard InChI is InChI=1S/C13H16N2O3/c1-8-15-10-6-9(4-5-11(10)18-8)13(2,3)7-14-12(16)17/h4-6,14H,7H2,1-3H3,(H,16,17). The first-order valence-corrected chi connectivity index (χ1v) is 5.73. The number of amides is 1. The molecule has 2 aromatic rings. The van der Waals surface area contributed by atoms with E-state index in [1.807, 2.05) is 32.0 Å². The molecule has 0 bridgehead atoms. The fourth-order valence-corrected chi connectivity index (χ4v) is 1.86. The fourth-order valence-electron chi connectivity index (χ4n) is 1.86. The number of benzene rings is 1. The van der Waals surface area contributed by atoms with Crippen LogP contribution in [0, 0.1) is 6.92 Å². The van der Waals surface area contributed by atoms with Gasteiger partial charge in [-0.05, 0) is 17.7 Å². The molecule has 18 heavy (non-hydrogen) atoms. The van der Waals surface area contributed by atoms with Crippen molar-refractivity contribution in [2.75, 3.05) is 6.54 Å². The number of nitrogens with one attached hydrogen (secondary N) is 1. The number of carbonyl (C=O) groups is 1. The van der Waals surface area contributed by atoms with E-state index >= 15 is 0 Å². The second kappa shape index (κ2) is 4.33. The lowest BCUT2D eigenvalue weighted by Crippen LogP contribution is -2.35. The monoisotopic (exact) mass is 248 g/mol. The van der Waals surface area contributed by atoms with Gasteiger partial charge >= 0.3 is 6.09 Å². The van der Waals surface area contributed by atoms with Crippen molar-refractivity contribution in [3.63, 3.8) is 0 Å². The highest BCUT2D eigenvalue weighted by Crippen LogP contribution is 2.26. The van der Waals surface area contributed by atoms with Crippen LogP contribution < -0.4 is 5.32 Å². The lowest BCUT2D eigenvalue weighted by molar-refractivity contribution is 0.192. The van der Waals surface area contributed by atoms with Crippen molar-refractivity contribution in [3.05, 3.63) is 29.7 Å². The normalized spacial score (nSPS) is 11.7. The first-order chi connectivity index (χ1) is 8.38. The summed E-state index contributed by atoms with van der Waals surface area (Å²) < 4.78 is 5.41. The van der Waals surface area contributed by atoms with Gasteiger partial charge in [0, 0.05) is 18.9 Å². The number of fused-ring (bicyclic) bond motifs is 1. The summed E-state index contributed by atoms with van der Waals surface area (Å²) in [5, 5.41) is 11.1. The van der Waals surface area contributed by atoms with E-state index in [2.05, 4.69) is 10.3 Å². The van der Waals surface area contributed by atoms with Gasteiger partial charge in [-0.1, -0.05) is 19.9 Å². The Hall–Kier alpha value is -2.04. The zero-order valence-electron chi connectivity index (χ0n) is 10.7. The molecular formula is C13H16N2O3. The molecule has 1 aromatic heterocycles. The molecule has 0 fully saturated rings. The van der Waals surface area contributed by atoms with Crippen molar-refractivity contribution in [1.29, 1.82) is 0 Å². The third kappa shape index (κ3) is 2.45. The van der Waals surface area contributed by atoms with E-state index in [1.165, 1.54) is 0 Å². The van der Waals surface area contributed by atoms with Crippen LogP contribution in [0.1, 0.15) is 25.3 Å². The second-order valence-electron chi connectivity index (χ2n) is 4.96. The van der Waals surface area contributed by atoms with Gasteiger partial charge in [-0.2, -0.15) is 0 Å². The van der Waals surface area contributed by atoms with E-state index in [4.69, 9.17) is 9.52 Å². The van der Waals surface area contributed by atoms with Crippen molar-refractivity contribution in [2.45, 2.75) is 26.2 Å². The molecule has 1 heterocycles. The molecule has 0 saturated carbocycles. The van der Waals surface area contributed by atoms with Gasteiger partial charge in [-0.3, -0.25) is 0 Å². The van der Waals surface area contributed by atoms with Crippen molar-refractivity contribution < 1.29 is 14.3 Å². The Kier molecular flexibility index (Phi) is 2.98. The minimum Gasteiger partial charge on any atom is -0.465 e. The minimum atomic E-state index is -1.01. The summed E-state index contributed by atoms with van der Waals surface area (Å²) in [6.45, 7) is 6.12. The van der Waals surface area contributed by atoms with E-state index in [1.54, 1.807) is 6.92 Å². The predicted molar refractivity (Wildman–Crippen MR) is 67.8 cm³/mol. The summed E-state index contributed by atoms with van der Waals surface area (Å²) in [6, 6.07) is 5.75. The highest BCUT2D eigenvalue weighted by molar-refractivity contribution is 5.74. The average molecular weight is 248 g/mol. The molecule has 0 radical (unpaired) electrons. The molecule has 2 N–H and O–H groups in total. The predicted octanol–water partition coefficient (Wildman–Crippen LogP) is 2.68. The van der Waals surface area contributed by atoms with Crippen LogP contribution in [0.25, 0.3) is 11.1 Å². The summed E-state index contributed by atoms with van der Waals surface area (Å²) in [5.74, 6) is 0.628. The number of oxazole rings is 1. The lowest BCUT2D eigenvalue weighted by atomic mass is 9.84. The van der Waals surface area contributed by atoms with Gasteiger partial charge in [-0.15, -0.1) is 0 Å². The van der Waals surface area contributed by atoms with Gasteiger partial charge in [0.2, 0.25) is 0 Å². The Balaban J connectivity index is 2.31. The SMILES string of the molecule is Cc1nc2cc(C(C)(C)CNC(=O)O)ccc2o1. The molecule has 0 aliphatic heterocycles. The Labute approximate surface area is 105 Å². The van der Waals surface area contributed by atoms with Crippen molar-refractivity contribution in [1.82, 2.24) is 10.3 Å². The van der Waals surface area contributed by atoms with Gasteiger partial charge < -0.3 is 14.8 Å². The molecular weight excluding hydrogens is 232 g/mol. The highest BCUT2D eigenvalue weighted by Gasteiger charge is 2.22. The van der Waals surface area contributed by atoms with Gasteiger partial charge in [0.25, 0.3) is 0 Å². The maximum absolute atomic E-state index is 10.6. The molecule has 1 aromatic carbocycles. The quantitative estimate of drug-likeness (QED) is 0.875. The molecule has 2 rings (SSSR count). The number of hydrogen-bond donors (Lipinski definition) is 2. The molecule has 0 aliphatic carbocycles. The summed E-state index contributed by atoms with van der Waals surface area (Å²) >= 11 is 0. The Bertz CT molecular complexity index is 587. The molecule has 0 aliphatic rings. The molecule has 0 unspecified atom stereocenters. The first kappa shape index (κ1) is 12.4. The second-order valence-corrected chi connectivity index (χ2v) is 4.96. The molecule has 0 saturated heterocycles. The van der Waals surface area contributed by atoms with E-state index in [0.29, 0.717) is 12.4 Å². The fraction of sp³-hybridized carbons (Fsp3) is 0.385. The van der Waals surface area contributed by atoms with Crippen LogP contribution in [0.3, 0.4) is 0 Å². The number of carboxylic acid groups (broad SMARTS) is 1. The largest absolute Gasteiger partial charge is 0.465 e. The van der Waals surface area contributed by atoms with Crippen LogP contribution in [0.2, 0.25) is 0 Å². The minimum absolute atomic E-state index is 0.292. The molecule has 1 amide bonds. The summed E-state index contributed by atoms with van der Waals surface area (Å²) in [5.41, 5.74) is 2.28. The van der Waals surface area contributed by atoms with E-state index < -0.39 is 6.09 Å². The van der Waals surface area contributed by atoms with Crippen LogP contribution in [0.4, 0.5) is 4.79 Å². The molecule has 0 atom stereocenters. The van der Waals surface area contributed by atoms with E-state index in [0.717, 1.165) is 16.7 Å². The van der Waals surface area contributed by atoms with Gasteiger partial charge in [-0.25, -0.2) is 9.78 Å². The van der Waals surface area contributed by atoms with Gasteiger partial charge in [0.05, 0.1) is 0 Å². The van der Waals surface area contributed by atoms with Crippen LogP contribution in [0.5, 0.6) is 0 Å². The number of nitrogens with zero attached hydrogens (tertiary/aromatic N) is 1. The summed E-state index contributed by atoms with van der Waals surface area (Å²) in [7, 11) is 0. The van der Waals surface area contributed by atoms with Crippen molar-refractivity contribution >= 4 is 17.2 Å². The Morgan fingerprint density at radius 1 is 1.50 bits per heavy atom. The third-order valence-electron chi connectivity index (χ3n) is 2.96. The van der Waals surface area contributed by atoms with Crippen LogP contribution in [-0.4, -0.2) is 22.7 Å². The van der Waals surface area contributed by atoms with Gasteiger partial charge in [0.1, 0.15) is 5.52 Å². The molecule has 5 heteroatoms. The number of aryl methyl sites for hydroxylation is 1. The maximum atomic E-state index is 10.6. The van der Waals surface area contributed by atoms with Crippen LogP contribution in [0.15, 0.2) is 22.6 Å². The van der Waals surface area contributed by atoms with E-state index in [-0.39, 0.29) is 5.41 Å². The smallest absolute Gasteiger partial charge is 0.404 e. The van der Waals surface area contributed by atoms with Crippen LogP contribution >= 0.6 is 0 Å². The molecule has 0 spiro atoms. The third-order valence-corrected chi connectivity index (χ3v) is 2.96. The van der Waals surface area contributed by atoms with E-state index in [9.17, 15) is 4.79 Å². The summed E-state index contributed by atoms with van der Waals surface area (Å²) in [4.78, 5) is 14.8. The van der Waals surface area contributed by atoms with Crippen molar-refractivity contribution in [3.8, 4) is 0 Å². The number of hydrogen-bond acceptors (Lipinski definition) is 3. The number of rotatable bonds is 3. The molecule has 96 valence electrons. The Morgan fingerprint density at radius 2 is 2.22 bits per heavy atom. The topological polar surface area (TPSA) is 75.4 Å². The highest BCUT2D eigenvalue weighted by atomic mass is 16.4.